The standard InChI is InChI=1S/C19H27N5O/c20-14-19-15-23(11-12-25-19)16-5-9-22(10-6-16)17-3-1-4-18(13-17)24-8-2-7-21-24/h1-4,7-8,13,16,19H,5-6,9-12,14-15,20H2. The molecule has 0 spiro atoms. The summed E-state index contributed by atoms with van der Waals surface area (Å²) >= 11 is 0. The molecule has 2 aliphatic heterocycles. The fourth-order valence-corrected chi connectivity index (χ4v) is 3.96. The van der Waals surface area contributed by atoms with Crippen LogP contribution < -0.4 is 10.6 Å². The molecule has 1 atom stereocenters. The summed E-state index contributed by atoms with van der Waals surface area (Å²) in [5.74, 6) is 0. The SMILES string of the molecule is NCC1CN(C2CCN(c3cccc(-n4cccn4)c3)CC2)CCO1. The lowest BCUT2D eigenvalue weighted by Crippen LogP contribution is -2.53. The zero-order valence-corrected chi connectivity index (χ0v) is 14.6. The Hall–Kier alpha value is -1.89. The van der Waals surface area contributed by atoms with Gasteiger partial charge in [-0.2, -0.15) is 5.10 Å². The molecule has 134 valence electrons. The van der Waals surface area contributed by atoms with Crippen LogP contribution in [0.3, 0.4) is 0 Å². The average Bonchev–Trinajstić information content (AvgIpc) is 3.23. The van der Waals surface area contributed by atoms with Crippen molar-refractivity contribution in [3.8, 4) is 5.69 Å². The predicted octanol–water partition coefficient (Wildman–Crippen LogP) is 1.50. The molecule has 0 amide bonds. The Morgan fingerprint density at radius 2 is 1.96 bits per heavy atom. The largest absolute Gasteiger partial charge is 0.374 e. The fraction of sp³-hybridized carbons (Fsp3) is 0.526. The van der Waals surface area contributed by atoms with Gasteiger partial charge in [-0.05, 0) is 37.1 Å². The first-order valence-electron chi connectivity index (χ1n) is 9.24. The van der Waals surface area contributed by atoms with Crippen LogP contribution in [0.4, 0.5) is 5.69 Å². The molecular weight excluding hydrogens is 314 g/mol. The van der Waals surface area contributed by atoms with E-state index in [1.54, 1.807) is 0 Å². The summed E-state index contributed by atoms with van der Waals surface area (Å²) in [5.41, 5.74) is 8.18. The second-order valence-corrected chi connectivity index (χ2v) is 6.91. The van der Waals surface area contributed by atoms with Gasteiger partial charge in [0.25, 0.3) is 0 Å². The number of hydrogen-bond acceptors (Lipinski definition) is 5. The predicted molar refractivity (Wildman–Crippen MR) is 99.2 cm³/mol. The highest BCUT2D eigenvalue weighted by Crippen LogP contribution is 2.25. The van der Waals surface area contributed by atoms with Crippen molar-refractivity contribution in [3.63, 3.8) is 0 Å². The first-order valence-corrected chi connectivity index (χ1v) is 9.24. The minimum Gasteiger partial charge on any atom is -0.374 e. The van der Waals surface area contributed by atoms with Crippen molar-refractivity contribution < 1.29 is 4.74 Å². The third kappa shape index (κ3) is 3.71. The monoisotopic (exact) mass is 341 g/mol. The Balaban J connectivity index is 1.38. The number of nitrogens with two attached hydrogens (primary N) is 1. The maximum absolute atomic E-state index is 5.78. The molecule has 0 aliphatic carbocycles. The smallest absolute Gasteiger partial charge is 0.0824 e. The van der Waals surface area contributed by atoms with E-state index < -0.39 is 0 Å². The zero-order chi connectivity index (χ0) is 17.1. The molecule has 2 fully saturated rings. The summed E-state index contributed by atoms with van der Waals surface area (Å²) in [5, 5.41) is 4.33. The molecule has 25 heavy (non-hydrogen) atoms. The van der Waals surface area contributed by atoms with E-state index in [0.29, 0.717) is 12.6 Å². The number of benzene rings is 1. The summed E-state index contributed by atoms with van der Waals surface area (Å²) in [6.07, 6.45) is 6.40. The van der Waals surface area contributed by atoms with Gasteiger partial charge in [0.1, 0.15) is 0 Å². The van der Waals surface area contributed by atoms with Gasteiger partial charge in [0, 0.05) is 56.8 Å². The molecule has 1 aromatic carbocycles. The highest BCUT2D eigenvalue weighted by molar-refractivity contribution is 5.53. The molecule has 6 heteroatoms. The van der Waals surface area contributed by atoms with Crippen molar-refractivity contribution in [2.45, 2.75) is 25.0 Å². The molecule has 0 bridgehead atoms. The van der Waals surface area contributed by atoms with Crippen LogP contribution in [0.15, 0.2) is 42.7 Å². The Bertz CT molecular complexity index is 666. The lowest BCUT2D eigenvalue weighted by atomic mass is 10.0. The van der Waals surface area contributed by atoms with Crippen LogP contribution in [0.25, 0.3) is 5.69 Å². The third-order valence-corrected chi connectivity index (χ3v) is 5.38. The molecule has 4 rings (SSSR count). The average molecular weight is 341 g/mol. The normalized spacial score (nSPS) is 23.1. The van der Waals surface area contributed by atoms with E-state index in [1.807, 2.05) is 23.1 Å². The summed E-state index contributed by atoms with van der Waals surface area (Å²) in [6, 6.07) is 11.3. The van der Waals surface area contributed by atoms with Gasteiger partial charge in [-0.3, -0.25) is 4.90 Å². The number of piperidine rings is 1. The van der Waals surface area contributed by atoms with Crippen LogP contribution in [-0.4, -0.2) is 66.2 Å². The molecule has 6 nitrogen and oxygen atoms in total. The Morgan fingerprint density at radius 3 is 2.72 bits per heavy atom. The molecule has 1 aromatic heterocycles. The van der Waals surface area contributed by atoms with Gasteiger partial charge in [-0.25, -0.2) is 4.68 Å². The van der Waals surface area contributed by atoms with Crippen LogP contribution in [-0.2, 0) is 4.74 Å². The Labute approximate surface area is 149 Å². The Morgan fingerprint density at radius 1 is 1.12 bits per heavy atom. The molecule has 2 aromatic rings. The molecule has 3 heterocycles. The number of ether oxygens (including phenoxy) is 1. The van der Waals surface area contributed by atoms with Gasteiger partial charge in [-0.1, -0.05) is 6.07 Å². The van der Waals surface area contributed by atoms with Crippen LogP contribution in [0.2, 0.25) is 0 Å². The number of aromatic nitrogens is 2. The van der Waals surface area contributed by atoms with E-state index in [9.17, 15) is 0 Å². The number of rotatable bonds is 4. The summed E-state index contributed by atoms with van der Waals surface area (Å²) < 4.78 is 7.62. The van der Waals surface area contributed by atoms with Crippen molar-refractivity contribution in [2.75, 3.05) is 44.2 Å². The molecule has 0 radical (unpaired) electrons. The van der Waals surface area contributed by atoms with Gasteiger partial charge in [-0.15, -0.1) is 0 Å². The number of hydrogen-bond donors (Lipinski definition) is 1. The highest BCUT2D eigenvalue weighted by atomic mass is 16.5. The molecular formula is C19H27N5O. The van der Waals surface area contributed by atoms with Crippen molar-refractivity contribution in [3.05, 3.63) is 42.7 Å². The minimum atomic E-state index is 0.206. The van der Waals surface area contributed by atoms with E-state index in [2.05, 4.69) is 39.2 Å². The minimum absolute atomic E-state index is 0.206. The lowest BCUT2D eigenvalue weighted by molar-refractivity contribution is -0.0416. The lowest BCUT2D eigenvalue weighted by Gasteiger charge is -2.42. The van der Waals surface area contributed by atoms with Gasteiger partial charge < -0.3 is 15.4 Å². The first kappa shape index (κ1) is 16.6. The van der Waals surface area contributed by atoms with Crippen LogP contribution >= 0.6 is 0 Å². The second kappa shape index (κ2) is 7.56. The quantitative estimate of drug-likeness (QED) is 0.913. The summed E-state index contributed by atoms with van der Waals surface area (Å²) in [6.45, 7) is 5.64. The molecule has 1 unspecified atom stereocenters. The van der Waals surface area contributed by atoms with E-state index in [1.165, 1.54) is 18.5 Å². The summed E-state index contributed by atoms with van der Waals surface area (Å²) in [7, 11) is 0. The topological polar surface area (TPSA) is 59.5 Å². The van der Waals surface area contributed by atoms with Crippen molar-refractivity contribution in [1.82, 2.24) is 14.7 Å². The summed E-state index contributed by atoms with van der Waals surface area (Å²) in [4.78, 5) is 5.07. The number of anilines is 1. The molecule has 2 aliphatic rings. The fourth-order valence-electron chi connectivity index (χ4n) is 3.96. The maximum atomic E-state index is 5.78. The van der Waals surface area contributed by atoms with Crippen molar-refractivity contribution in [1.29, 1.82) is 0 Å². The van der Waals surface area contributed by atoms with Crippen molar-refractivity contribution >= 4 is 5.69 Å². The van der Waals surface area contributed by atoms with E-state index >= 15 is 0 Å². The van der Waals surface area contributed by atoms with E-state index in [0.717, 1.165) is 38.5 Å². The van der Waals surface area contributed by atoms with Gasteiger partial charge in [0.15, 0.2) is 0 Å². The van der Waals surface area contributed by atoms with Crippen molar-refractivity contribution in [2.24, 2.45) is 5.73 Å². The third-order valence-electron chi connectivity index (χ3n) is 5.38. The van der Waals surface area contributed by atoms with E-state index in [4.69, 9.17) is 10.5 Å². The van der Waals surface area contributed by atoms with E-state index in [-0.39, 0.29) is 6.10 Å². The van der Waals surface area contributed by atoms with Gasteiger partial charge in [0.2, 0.25) is 0 Å². The molecule has 2 N–H and O–H groups in total. The molecule has 0 saturated carbocycles. The first-order chi connectivity index (χ1) is 12.3. The van der Waals surface area contributed by atoms with Gasteiger partial charge in [0.05, 0.1) is 18.4 Å². The number of morpholine rings is 1. The second-order valence-electron chi connectivity index (χ2n) is 6.91. The number of nitrogens with zero attached hydrogens (tertiary/aromatic N) is 4. The van der Waals surface area contributed by atoms with Crippen LogP contribution in [0, 0.1) is 0 Å². The Kier molecular flexibility index (Phi) is 5.01. The van der Waals surface area contributed by atoms with Crippen LogP contribution in [0.1, 0.15) is 12.8 Å². The molecule has 2 saturated heterocycles. The van der Waals surface area contributed by atoms with Crippen LogP contribution in [0.5, 0.6) is 0 Å². The van der Waals surface area contributed by atoms with Gasteiger partial charge >= 0.3 is 0 Å². The zero-order valence-electron chi connectivity index (χ0n) is 14.6. The highest BCUT2D eigenvalue weighted by Gasteiger charge is 2.28. The maximum Gasteiger partial charge on any atom is 0.0824 e.